The maximum Gasteiger partial charge on any atom is 0.227 e. The summed E-state index contributed by atoms with van der Waals surface area (Å²) in [5.41, 5.74) is 1.97. The predicted molar refractivity (Wildman–Crippen MR) is 169 cm³/mol. The highest BCUT2D eigenvalue weighted by Crippen LogP contribution is 2.40. The lowest BCUT2D eigenvalue weighted by molar-refractivity contribution is -0.128. The summed E-state index contributed by atoms with van der Waals surface area (Å²) in [7, 11) is 1.22. The lowest BCUT2D eigenvalue weighted by Crippen LogP contribution is -2.47. The van der Waals surface area contributed by atoms with E-state index in [1.54, 1.807) is 25.3 Å². The molecular weight excluding hydrogens is 544 g/mol. The van der Waals surface area contributed by atoms with Gasteiger partial charge in [0.15, 0.2) is 0 Å². The first-order valence-electron chi connectivity index (χ1n) is 14.5. The van der Waals surface area contributed by atoms with Gasteiger partial charge >= 0.3 is 0 Å². The lowest BCUT2D eigenvalue weighted by Gasteiger charge is -2.43. The van der Waals surface area contributed by atoms with Crippen LogP contribution in [0.1, 0.15) is 71.9 Å². The molecule has 0 radical (unpaired) electrons. The van der Waals surface area contributed by atoms with Crippen LogP contribution in [0.5, 0.6) is 0 Å². The number of nitrogens with one attached hydrogen (secondary N) is 2. The van der Waals surface area contributed by atoms with E-state index in [2.05, 4.69) is 53.9 Å². The number of carbonyl (C=O) groups excluding carboxylic acids is 1. The normalized spacial score (nSPS) is 17.2. The molecule has 0 aliphatic carbocycles. The molecule has 1 aliphatic rings. The minimum atomic E-state index is -1.21. The van der Waals surface area contributed by atoms with Crippen LogP contribution in [0.15, 0.2) is 28.7 Å². The Morgan fingerprint density at radius 3 is 2.40 bits per heavy atom. The van der Waals surface area contributed by atoms with Crippen molar-refractivity contribution in [2.75, 3.05) is 62.5 Å². The zero-order chi connectivity index (χ0) is 29.7. The van der Waals surface area contributed by atoms with E-state index in [1.165, 1.54) is 5.57 Å². The van der Waals surface area contributed by atoms with Gasteiger partial charge < -0.3 is 15.1 Å². The van der Waals surface area contributed by atoms with E-state index in [1.807, 2.05) is 6.92 Å². The van der Waals surface area contributed by atoms with E-state index in [4.69, 9.17) is 9.97 Å². The van der Waals surface area contributed by atoms with Crippen molar-refractivity contribution in [1.29, 1.82) is 0 Å². The van der Waals surface area contributed by atoms with Crippen molar-refractivity contribution >= 4 is 39.5 Å². The van der Waals surface area contributed by atoms with Gasteiger partial charge in [-0.25, -0.2) is 13.9 Å². The van der Waals surface area contributed by atoms with Gasteiger partial charge in [-0.2, -0.15) is 4.98 Å². The summed E-state index contributed by atoms with van der Waals surface area (Å²) in [6.07, 6.45) is 13.7. The zero-order valence-electron chi connectivity index (χ0n) is 25.5. The summed E-state index contributed by atoms with van der Waals surface area (Å²) < 4.78 is 28.3. The van der Waals surface area contributed by atoms with Gasteiger partial charge in [0.25, 0.3) is 0 Å². The third kappa shape index (κ3) is 9.48. The maximum absolute atomic E-state index is 13.1. The predicted octanol–water partition coefficient (Wildman–Crippen LogP) is 4.22. The molecule has 11 heteroatoms. The fourth-order valence-corrected chi connectivity index (χ4v) is 6.48. The molecule has 2 rings (SSSR count). The van der Waals surface area contributed by atoms with Crippen LogP contribution in [0.25, 0.3) is 0 Å². The number of carbonyl (C=O) groups is 1. The fourth-order valence-electron chi connectivity index (χ4n) is 4.97. The Morgan fingerprint density at radius 1 is 1.15 bits per heavy atom. The van der Waals surface area contributed by atoms with Gasteiger partial charge in [-0.15, -0.1) is 0 Å². The highest BCUT2D eigenvalue weighted by Gasteiger charge is 2.38. The van der Waals surface area contributed by atoms with Crippen LogP contribution in [-0.2, 0) is 33.0 Å². The summed E-state index contributed by atoms with van der Waals surface area (Å²) >= 11 is 0. The molecule has 1 fully saturated rings. The maximum atomic E-state index is 13.1. The summed E-state index contributed by atoms with van der Waals surface area (Å²) in [6, 6.07) is 0. The van der Waals surface area contributed by atoms with Crippen molar-refractivity contribution in [3.05, 3.63) is 29.5 Å². The topological polar surface area (TPSA) is 108 Å². The number of hydrogen-bond donors (Lipinski definition) is 2. The number of rotatable bonds is 16. The number of anilines is 2. The largest absolute Gasteiger partial charge is 0.369 e. The first kappa shape index (κ1) is 34.1. The Hall–Kier alpha value is -2.11. The van der Waals surface area contributed by atoms with Crippen LogP contribution in [0.4, 0.5) is 11.8 Å². The molecule has 2 heterocycles. The van der Waals surface area contributed by atoms with E-state index in [0.717, 1.165) is 50.9 Å². The Balaban J connectivity index is 2.37. The summed E-state index contributed by atoms with van der Waals surface area (Å²) in [5, 5.41) is 3.40. The van der Waals surface area contributed by atoms with Crippen molar-refractivity contribution in [1.82, 2.24) is 19.6 Å². The Kier molecular flexibility index (Phi) is 14.5. The summed E-state index contributed by atoms with van der Waals surface area (Å²) in [5.74, 6) is 1.84. The van der Waals surface area contributed by atoms with Gasteiger partial charge in [0.1, 0.15) is 10.7 Å². The summed E-state index contributed by atoms with van der Waals surface area (Å²) in [4.78, 5) is 26.4. The van der Waals surface area contributed by atoms with Crippen molar-refractivity contribution in [3.8, 4) is 0 Å². The quantitative estimate of drug-likeness (QED) is 0.218. The van der Waals surface area contributed by atoms with Crippen LogP contribution in [0.2, 0.25) is 0 Å². The number of aryl methyl sites for hydroxylation is 1. The zero-order valence-corrected chi connectivity index (χ0v) is 27.2. The molecule has 1 aromatic rings. The SMILES string of the molecule is C/C=C(\C=C/CC)C1(CNS(C)=O)CCN(c2nc(CCC)c(S(=O)CC)c(NCCCC(=O)N(C)C)n2)CC1. The fraction of sp³-hybridized carbons (Fsp3) is 0.690. The van der Waals surface area contributed by atoms with E-state index >= 15 is 0 Å². The monoisotopic (exact) mass is 594 g/mol. The van der Waals surface area contributed by atoms with Crippen molar-refractivity contribution in [2.24, 2.45) is 5.41 Å². The molecule has 2 atom stereocenters. The minimum absolute atomic E-state index is 0.0849. The lowest BCUT2D eigenvalue weighted by atomic mass is 9.72. The second-order valence-corrected chi connectivity index (χ2v) is 13.3. The van der Waals surface area contributed by atoms with Gasteiger partial charge in [-0.05, 0) is 44.6 Å². The third-order valence-electron chi connectivity index (χ3n) is 7.33. The van der Waals surface area contributed by atoms with Gasteiger partial charge in [0, 0.05) is 64.1 Å². The van der Waals surface area contributed by atoms with Gasteiger partial charge in [-0.1, -0.05) is 45.4 Å². The minimum Gasteiger partial charge on any atom is -0.369 e. The first-order chi connectivity index (χ1) is 19.1. The average molecular weight is 595 g/mol. The number of allylic oxidation sites excluding steroid dienone is 3. The van der Waals surface area contributed by atoms with Crippen molar-refractivity contribution in [3.63, 3.8) is 0 Å². The van der Waals surface area contributed by atoms with Crippen molar-refractivity contribution < 1.29 is 13.2 Å². The molecular formula is C29H50N6O3S2. The summed E-state index contributed by atoms with van der Waals surface area (Å²) in [6.45, 7) is 10.9. The van der Waals surface area contributed by atoms with Crippen LogP contribution in [-0.4, -0.2) is 81.5 Å². The number of aromatic nitrogens is 2. The third-order valence-corrected chi connectivity index (χ3v) is 9.29. The molecule has 40 heavy (non-hydrogen) atoms. The Labute approximate surface area is 246 Å². The second-order valence-electron chi connectivity index (χ2n) is 10.4. The van der Waals surface area contributed by atoms with Crippen LogP contribution in [0, 0.1) is 5.41 Å². The number of hydrogen-bond acceptors (Lipinski definition) is 7. The molecule has 2 N–H and O–H groups in total. The second kappa shape index (κ2) is 17.0. The molecule has 1 amide bonds. The molecule has 2 unspecified atom stereocenters. The standard InChI is InChI=1S/C29H50N6O3S2/c1-8-12-15-23(10-3)29(22-31-39(7)37)17-20-35(21-18-29)28-32-24(14-9-2)26(40(38)11-4)27(33-28)30-19-13-16-25(36)34(5)6/h10,12,15,31H,8-9,11,13-14,16-22H2,1-7H3,(H,30,32,33)/b15-12-,23-10+. The molecule has 0 spiro atoms. The number of piperidine rings is 1. The molecule has 226 valence electrons. The number of nitrogens with zero attached hydrogens (tertiary/aromatic N) is 4. The van der Waals surface area contributed by atoms with Crippen LogP contribution in [0.3, 0.4) is 0 Å². The number of amides is 1. The van der Waals surface area contributed by atoms with Crippen LogP contribution >= 0.6 is 0 Å². The van der Waals surface area contributed by atoms with E-state index in [0.29, 0.717) is 48.3 Å². The molecule has 1 aromatic heterocycles. The Morgan fingerprint density at radius 2 is 1.85 bits per heavy atom. The van der Waals surface area contributed by atoms with Gasteiger partial charge in [-0.3, -0.25) is 9.00 Å². The molecule has 1 saturated heterocycles. The van der Waals surface area contributed by atoms with Gasteiger partial charge in [0.05, 0.1) is 27.5 Å². The van der Waals surface area contributed by atoms with E-state index < -0.39 is 21.8 Å². The van der Waals surface area contributed by atoms with Crippen molar-refractivity contribution in [2.45, 2.75) is 77.5 Å². The molecule has 0 bridgehead atoms. The average Bonchev–Trinajstić information content (AvgIpc) is 2.94. The van der Waals surface area contributed by atoms with Crippen LogP contribution < -0.4 is 14.9 Å². The molecule has 9 nitrogen and oxygen atoms in total. The Bertz CT molecular complexity index is 1080. The highest BCUT2D eigenvalue weighted by atomic mass is 32.2. The first-order valence-corrected chi connectivity index (χ1v) is 17.4. The smallest absolute Gasteiger partial charge is 0.227 e. The van der Waals surface area contributed by atoms with E-state index in [-0.39, 0.29) is 11.3 Å². The molecule has 0 aromatic carbocycles. The highest BCUT2D eigenvalue weighted by molar-refractivity contribution is 7.85. The molecule has 0 saturated carbocycles. The molecule has 1 aliphatic heterocycles. The van der Waals surface area contributed by atoms with Gasteiger partial charge in [0.2, 0.25) is 11.9 Å². The van der Waals surface area contributed by atoms with E-state index in [9.17, 15) is 13.2 Å².